The zero-order valence-electron chi connectivity index (χ0n) is 17.7. The molecular weight excluding hydrogens is 416 g/mol. The number of aliphatic hydroxyl groups excluding tert-OH is 1. The van der Waals surface area contributed by atoms with Gasteiger partial charge in [0.1, 0.15) is 18.0 Å². The van der Waals surface area contributed by atoms with E-state index in [0.29, 0.717) is 6.42 Å². The molecular formula is C21H29ClO8. The van der Waals surface area contributed by atoms with Gasteiger partial charge in [0.05, 0.1) is 11.1 Å². The lowest BCUT2D eigenvalue weighted by Crippen LogP contribution is -2.66. The molecule has 0 fully saturated rings. The van der Waals surface area contributed by atoms with Gasteiger partial charge in [0.25, 0.3) is 0 Å². The van der Waals surface area contributed by atoms with E-state index in [0.717, 1.165) is 13.8 Å². The van der Waals surface area contributed by atoms with Crippen molar-refractivity contribution in [3.05, 3.63) is 34.6 Å². The fraction of sp³-hybridized carbons (Fsp3) is 0.619. The summed E-state index contributed by atoms with van der Waals surface area (Å²) in [6.07, 6.45) is 2.02. The van der Waals surface area contributed by atoms with Crippen LogP contribution >= 0.6 is 11.6 Å². The second kappa shape index (κ2) is 8.43. The molecule has 0 saturated carbocycles. The third-order valence-corrected chi connectivity index (χ3v) is 6.08. The number of esters is 1. The average molecular weight is 445 g/mol. The van der Waals surface area contributed by atoms with Crippen LogP contribution in [0.1, 0.15) is 41.0 Å². The van der Waals surface area contributed by atoms with Crippen LogP contribution in [0.3, 0.4) is 0 Å². The number of rotatable bonds is 6. The van der Waals surface area contributed by atoms with Gasteiger partial charge in [-0.3, -0.25) is 9.59 Å². The molecule has 0 aromatic heterocycles. The number of Topliss-reactive ketones (excluding diaryl/α,β-unsaturated/α-hetero) is 1. The molecule has 2 rings (SSSR count). The number of ketones is 1. The highest BCUT2D eigenvalue weighted by Gasteiger charge is 2.61. The SMILES string of the molecule is CCC(C)C(O)C(C)(O)/C=C/C1=CC2=C(Cl)C(=O)C(C)(O)C(OC(C)=O)C2(O)CO1. The van der Waals surface area contributed by atoms with Gasteiger partial charge < -0.3 is 29.9 Å². The van der Waals surface area contributed by atoms with Crippen molar-refractivity contribution in [2.75, 3.05) is 6.61 Å². The number of fused-ring (bicyclic) bond motifs is 1. The van der Waals surface area contributed by atoms with Gasteiger partial charge in [-0.1, -0.05) is 31.9 Å². The number of halogens is 1. The maximum Gasteiger partial charge on any atom is 0.303 e. The second-order valence-electron chi connectivity index (χ2n) is 8.34. The predicted molar refractivity (Wildman–Crippen MR) is 108 cm³/mol. The summed E-state index contributed by atoms with van der Waals surface area (Å²) in [5.74, 6) is -1.71. The van der Waals surface area contributed by atoms with Crippen LogP contribution in [0.4, 0.5) is 0 Å². The number of aliphatic hydroxyl groups is 4. The summed E-state index contributed by atoms with van der Waals surface area (Å²) < 4.78 is 10.6. The van der Waals surface area contributed by atoms with Crippen LogP contribution in [-0.2, 0) is 19.1 Å². The van der Waals surface area contributed by atoms with Gasteiger partial charge in [0.15, 0.2) is 17.3 Å². The molecule has 2 aliphatic rings. The highest BCUT2D eigenvalue weighted by molar-refractivity contribution is 6.44. The molecule has 0 spiro atoms. The predicted octanol–water partition coefficient (Wildman–Crippen LogP) is 1.10. The van der Waals surface area contributed by atoms with E-state index in [1.807, 2.05) is 13.8 Å². The van der Waals surface area contributed by atoms with E-state index in [4.69, 9.17) is 21.1 Å². The molecule has 0 aromatic rings. The molecule has 30 heavy (non-hydrogen) atoms. The van der Waals surface area contributed by atoms with Crippen molar-refractivity contribution in [2.24, 2.45) is 5.92 Å². The molecule has 168 valence electrons. The summed E-state index contributed by atoms with van der Waals surface area (Å²) in [6.45, 7) is 6.87. The molecule has 6 atom stereocenters. The van der Waals surface area contributed by atoms with E-state index in [1.54, 1.807) is 0 Å². The summed E-state index contributed by atoms with van der Waals surface area (Å²) in [6, 6.07) is 0. The van der Waals surface area contributed by atoms with Gasteiger partial charge in [0, 0.05) is 12.5 Å². The van der Waals surface area contributed by atoms with E-state index >= 15 is 0 Å². The molecule has 0 amide bonds. The number of allylic oxidation sites excluding steroid dienone is 1. The van der Waals surface area contributed by atoms with Crippen LogP contribution in [-0.4, -0.2) is 67.8 Å². The molecule has 0 aromatic carbocycles. The van der Waals surface area contributed by atoms with Gasteiger partial charge in [-0.15, -0.1) is 0 Å². The van der Waals surface area contributed by atoms with Gasteiger partial charge in [0.2, 0.25) is 5.78 Å². The van der Waals surface area contributed by atoms with Crippen molar-refractivity contribution in [3.63, 3.8) is 0 Å². The van der Waals surface area contributed by atoms with Gasteiger partial charge >= 0.3 is 5.97 Å². The van der Waals surface area contributed by atoms with Crippen LogP contribution in [0.15, 0.2) is 34.6 Å². The fourth-order valence-corrected chi connectivity index (χ4v) is 4.01. The van der Waals surface area contributed by atoms with Gasteiger partial charge in [-0.05, 0) is 38.0 Å². The first-order valence-electron chi connectivity index (χ1n) is 9.69. The van der Waals surface area contributed by atoms with Crippen molar-refractivity contribution >= 4 is 23.4 Å². The van der Waals surface area contributed by atoms with Crippen LogP contribution < -0.4 is 0 Å². The Morgan fingerprint density at radius 3 is 2.63 bits per heavy atom. The van der Waals surface area contributed by atoms with E-state index in [2.05, 4.69) is 0 Å². The average Bonchev–Trinajstić information content (AvgIpc) is 2.67. The van der Waals surface area contributed by atoms with Gasteiger partial charge in [-0.2, -0.15) is 0 Å². The van der Waals surface area contributed by atoms with Crippen molar-refractivity contribution in [1.29, 1.82) is 0 Å². The van der Waals surface area contributed by atoms with Crippen molar-refractivity contribution in [1.82, 2.24) is 0 Å². The number of hydrogen-bond donors (Lipinski definition) is 4. The maximum absolute atomic E-state index is 12.6. The van der Waals surface area contributed by atoms with E-state index < -0.39 is 52.4 Å². The number of carbonyl (C=O) groups is 2. The number of ether oxygens (including phenoxy) is 2. The lowest BCUT2D eigenvalue weighted by molar-refractivity contribution is -0.202. The summed E-state index contributed by atoms with van der Waals surface area (Å²) in [4.78, 5) is 24.1. The third-order valence-electron chi connectivity index (χ3n) is 5.70. The minimum absolute atomic E-state index is 0.0695. The van der Waals surface area contributed by atoms with Crippen molar-refractivity contribution in [3.8, 4) is 0 Å². The third kappa shape index (κ3) is 4.33. The Morgan fingerprint density at radius 1 is 1.50 bits per heavy atom. The highest BCUT2D eigenvalue weighted by atomic mass is 35.5. The molecule has 8 nitrogen and oxygen atoms in total. The first-order valence-corrected chi connectivity index (χ1v) is 10.1. The summed E-state index contributed by atoms with van der Waals surface area (Å²) in [7, 11) is 0. The van der Waals surface area contributed by atoms with Crippen LogP contribution in [0, 0.1) is 5.92 Å². The molecule has 9 heteroatoms. The minimum atomic E-state index is -2.25. The van der Waals surface area contributed by atoms with Crippen molar-refractivity contribution < 1.29 is 39.5 Å². The van der Waals surface area contributed by atoms with E-state index in [1.165, 1.54) is 25.2 Å². The molecule has 4 N–H and O–H groups in total. The highest BCUT2D eigenvalue weighted by Crippen LogP contribution is 2.44. The Labute approximate surface area is 180 Å². The Hall–Kier alpha value is -1.71. The standard InChI is InChI=1S/C21H29ClO8/c1-6-11(2)16(24)19(4,26)8-7-13-9-14-15(22)17(25)20(5,27)18(30-12(3)23)21(14,28)10-29-13/h7-9,11,16,18,24,26-28H,6,10H2,1-5H3/b8-7+. The van der Waals surface area contributed by atoms with E-state index in [-0.39, 0.29) is 17.3 Å². The van der Waals surface area contributed by atoms with Crippen molar-refractivity contribution in [2.45, 2.75) is 70.1 Å². The fourth-order valence-electron chi connectivity index (χ4n) is 3.60. The lowest BCUT2D eigenvalue weighted by atomic mass is 9.71. The largest absolute Gasteiger partial charge is 0.490 e. The van der Waals surface area contributed by atoms with Crippen LogP contribution in [0.2, 0.25) is 0 Å². The Kier molecular flexibility index (Phi) is 6.90. The molecule has 0 radical (unpaired) electrons. The van der Waals surface area contributed by atoms with Gasteiger partial charge in [-0.25, -0.2) is 0 Å². The van der Waals surface area contributed by atoms with Crippen LogP contribution in [0.25, 0.3) is 0 Å². The number of carbonyl (C=O) groups excluding carboxylic acids is 2. The molecule has 1 heterocycles. The summed E-state index contributed by atoms with van der Waals surface area (Å²) >= 11 is 6.14. The zero-order chi connectivity index (χ0) is 23.1. The zero-order valence-corrected chi connectivity index (χ0v) is 18.4. The first-order chi connectivity index (χ1) is 13.7. The summed E-state index contributed by atoms with van der Waals surface area (Å²) in [5, 5.41) is 42.2. The molecule has 1 aliphatic carbocycles. The molecule has 6 unspecified atom stereocenters. The minimum Gasteiger partial charge on any atom is -0.490 e. The number of hydrogen-bond acceptors (Lipinski definition) is 8. The summed E-state index contributed by atoms with van der Waals surface area (Å²) in [5.41, 5.74) is -5.94. The smallest absolute Gasteiger partial charge is 0.303 e. The topological polar surface area (TPSA) is 134 Å². The molecule has 0 bridgehead atoms. The quantitative estimate of drug-likeness (QED) is 0.447. The van der Waals surface area contributed by atoms with Crippen LogP contribution in [0.5, 0.6) is 0 Å². The maximum atomic E-state index is 12.6. The second-order valence-corrected chi connectivity index (χ2v) is 8.72. The molecule has 1 aliphatic heterocycles. The first kappa shape index (κ1) is 24.6. The molecule has 0 saturated heterocycles. The Bertz CT molecular complexity index is 810. The normalized spacial score (nSPS) is 33.3. The lowest BCUT2D eigenvalue weighted by Gasteiger charge is -2.47. The van der Waals surface area contributed by atoms with E-state index in [9.17, 15) is 30.0 Å². The Morgan fingerprint density at radius 2 is 2.10 bits per heavy atom. The monoisotopic (exact) mass is 444 g/mol. The Balaban J connectivity index is 2.44.